The molecule has 4 nitrogen and oxygen atoms in total. The Morgan fingerprint density at radius 2 is 1.12 bits per heavy atom. The number of hydroxylamine groups is 3. The zero-order valence-corrected chi connectivity index (χ0v) is 22.9. The standard InChI is InChI=1S/C27H53N2O2S/c1-6-7-8-9-10-14-17-20-23-32-24-21-18-15-12-11-13-16-19-22-25-28(30)26(2,3)27(4,5)29(25)31/h6-24H2,1-5H3. The van der Waals surface area contributed by atoms with E-state index in [1.54, 1.807) is 0 Å². The fourth-order valence-electron chi connectivity index (χ4n) is 4.42. The first-order valence-corrected chi connectivity index (χ1v) is 14.8. The lowest BCUT2D eigenvalue weighted by Crippen LogP contribution is -2.53. The van der Waals surface area contributed by atoms with Gasteiger partial charge in [0.05, 0.1) is 6.42 Å². The Kier molecular flexibility index (Phi) is 15.0. The molecule has 0 fully saturated rings. The van der Waals surface area contributed by atoms with Crippen molar-refractivity contribution in [3.05, 3.63) is 5.21 Å². The molecule has 0 atom stereocenters. The van der Waals surface area contributed by atoms with Crippen LogP contribution in [0, 0.1) is 5.21 Å². The summed E-state index contributed by atoms with van der Waals surface area (Å²) in [5.74, 6) is 3.10. The van der Waals surface area contributed by atoms with Gasteiger partial charge in [-0.2, -0.15) is 11.8 Å². The maximum atomic E-state index is 12.5. The summed E-state index contributed by atoms with van der Waals surface area (Å²) in [6.45, 7) is 9.75. The van der Waals surface area contributed by atoms with Crippen LogP contribution < -0.4 is 0 Å². The molecule has 0 amide bonds. The molecule has 32 heavy (non-hydrogen) atoms. The molecule has 0 saturated carbocycles. The van der Waals surface area contributed by atoms with Crippen LogP contribution in [0.2, 0.25) is 0 Å². The summed E-state index contributed by atoms with van der Waals surface area (Å²) in [6, 6.07) is 0. The van der Waals surface area contributed by atoms with Crippen LogP contribution in [-0.2, 0) is 5.21 Å². The highest BCUT2D eigenvalue weighted by Crippen LogP contribution is 2.36. The second kappa shape index (κ2) is 16.2. The minimum Gasteiger partial charge on any atom is -0.715 e. The molecule has 0 aromatic carbocycles. The Morgan fingerprint density at radius 1 is 0.719 bits per heavy atom. The van der Waals surface area contributed by atoms with Crippen molar-refractivity contribution in [3.8, 4) is 0 Å². The number of unbranched alkanes of at least 4 members (excludes halogenated alkanes) is 14. The predicted molar refractivity (Wildman–Crippen MR) is 141 cm³/mol. The van der Waals surface area contributed by atoms with Crippen molar-refractivity contribution in [2.75, 3.05) is 11.5 Å². The monoisotopic (exact) mass is 469 g/mol. The van der Waals surface area contributed by atoms with Crippen LogP contribution in [0.15, 0.2) is 0 Å². The van der Waals surface area contributed by atoms with E-state index >= 15 is 0 Å². The van der Waals surface area contributed by atoms with E-state index in [1.165, 1.54) is 101 Å². The molecule has 1 rings (SSSR count). The van der Waals surface area contributed by atoms with Crippen molar-refractivity contribution >= 4 is 17.6 Å². The van der Waals surface area contributed by atoms with Gasteiger partial charge in [-0.3, -0.25) is 4.74 Å². The summed E-state index contributed by atoms with van der Waals surface area (Å²) in [5, 5.41) is 26.0. The lowest BCUT2D eigenvalue weighted by atomic mass is 9.84. The van der Waals surface area contributed by atoms with Gasteiger partial charge in [-0.15, -0.1) is 0 Å². The highest BCUT2D eigenvalue weighted by atomic mass is 32.2. The van der Waals surface area contributed by atoms with Crippen LogP contribution in [0.25, 0.3) is 0 Å². The molecule has 1 radical (unpaired) electrons. The van der Waals surface area contributed by atoms with Gasteiger partial charge in [0.1, 0.15) is 5.54 Å². The summed E-state index contributed by atoms with van der Waals surface area (Å²) in [5.41, 5.74) is -1.34. The van der Waals surface area contributed by atoms with Gasteiger partial charge in [0.25, 0.3) is 5.84 Å². The molecule has 0 bridgehead atoms. The van der Waals surface area contributed by atoms with Crippen molar-refractivity contribution in [2.24, 2.45) is 0 Å². The lowest BCUT2D eigenvalue weighted by Gasteiger charge is -2.32. The molecule has 5 heteroatoms. The summed E-state index contributed by atoms with van der Waals surface area (Å²) < 4.78 is 0.965. The van der Waals surface area contributed by atoms with Gasteiger partial charge in [0.2, 0.25) is 0 Å². The SMILES string of the molecule is CCCCCCCCCCSCCCCCCCCCCC1=[N+]([O-])C(C)(C)C(C)(C)N1[O]. The zero-order chi connectivity index (χ0) is 23.9. The van der Waals surface area contributed by atoms with E-state index in [0.717, 1.165) is 22.6 Å². The Labute approximate surface area is 204 Å². The van der Waals surface area contributed by atoms with Crippen molar-refractivity contribution in [3.63, 3.8) is 0 Å². The third-order valence-electron chi connectivity index (χ3n) is 7.56. The summed E-state index contributed by atoms with van der Waals surface area (Å²) in [4.78, 5) is 0. The Bertz CT molecular complexity index is 520. The highest BCUT2D eigenvalue weighted by Gasteiger charge is 2.59. The minimum atomic E-state index is -0.670. The number of rotatable bonds is 20. The van der Waals surface area contributed by atoms with E-state index in [-0.39, 0.29) is 0 Å². The van der Waals surface area contributed by atoms with Crippen molar-refractivity contribution in [1.29, 1.82) is 0 Å². The van der Waals surface area contributed by atoms with Crippen LogP contribution in [0.3, 0.4) is 0 Å². The normalized spacial score (nSPS) is 17.5. The smallest absolute Gasteiger partial charge is 0.284 e. The Balaban J connectivity index is 1.88. The van der Waals surface area contributed by atoms with E-state index < -0.39 is 11.1 Å². The number of hydrogen-bond acceptors (Lipinski definition) is 3. The van der Waals surface area contributed by atoms with E-state index in [9.17, 15) is 10.4 Å². The minimum absolute atomic E-state index is 0.421. The van der Waals surface area contributed by atoms with Crippen LogP contribution in [0.1, 0.15) is 144 Å². The molecule has 0 aromatic heterocycles. The molecular weight excluding hydrogens is 416 g/mol. The van der Waals surface area contributed by atoms with Crippen LogP contribution in [0.5, 0.6) is 0 Å². The highest BCUT2D eigenvalue weighted by molar-refractivity contribution is 7.99. The number of hydrogen-bond donors (Lipinski definition) is 0. The van der Waals surface area contributed by atoms with Gasteiger partial charge in [-0.05, 0) is 58.5 Å². The zero-order valence-electron chi connectivity index (χ0n) is 22.1. The maximum absolute atomic E-state index is 12.5. The van der Waals surface area contributed by atoms with Crippen molar-refractivity contribution < 1.29 is 9.95 Å². The average molecular weight is 470 g/mol. The second-order valence-electron chi connectivity index (χ2n) is 10.8. The third-order valence-corrected chi connectivity index (χ3v) is 8.72. The maximum Gasteiger partial charge on any atom is 0.284 e. The van der Waals surface area contributed by atoms with E-state index in [1.807, 2.05) is 27.7 Å². The molecule has 0 unspecified atom stereocenters. The number of amidine groups is 1. The topological polar surface area (TPSA) is 49.2 Å². The molecule has 0 aliphatic carbocycles. The quantitative estimate of drug-likeness (QED) is 0.102. The lowest BCUT2D eigenvalue weighted by molar-refractivity contribution is -0.540. The summed E-state index contributed by atoms with van der Waals surface area (Å²) >= 11 is 2.15. The molecule has 189 valence electrons. The Morgan fingerprint density at radius 3 is 1.53 bits per heavy atom. The first kappa shape index (κ1) is 29.6. The second-order valence-corrected chi connectivity index (χ2v) is 12.0. The molecule has 0 spiro atoms. The van der Waals surface area contributed by atoms with Gasteiger partial charge >= 0.3 is 0 Å². The molecule has 1 aliphatic heterocycles. The van der Waals surface area contributed by atoms with E-state index in [4.69, 9.17) is 0 Å². The van der Waals surface area contributed by atoms with Gasteiger partial charge in [0.15, 0.2) is 5.54 Å². The molecular formula is C27H53N2O2S. The van der Waals surface area contributed by atoms with Gasteiger partial charge in [-0.25, -0.2) is 0 Å². The first-order chi connectivity index (χ1) is 15.3. The Hall–Kier alpha value is -0.420. The molecule has 1 aliphatic rings. The summed E-state index contributed by atoms with van der Waals surface area (Å²) in [7, 11) is 0. The molecule has 0 saturated heterocycles. The predicted octanol–water partition coefficient (Wildman–Crippen LogP) is 8.50. The van der Waals surface area contributed by atoms with Crippen molar-refractivity contribution in [1.82, 2.24) is 5.06 Å². The van der Waals surface area contributed by atoms with Gasteiger partial charge < -0.3 is 5.21 Å². The third kappa shape index (κ3) is 9.83. The molecule has 1 heterocycles. The van der Waals surface area contributed by atoms with Crippen LogP contribution in [0.4, 0.5) is 0 Å². The van der Waals surface area contributed by atoms with Gasteiger partial charge in [0, 0.05) is 5.21 Å². The molecule has 0 aromatic rings. The fraction of sp³-hybridized carbons (Fsp3) is 0.963. The van der Waals surface area contributed by atoms with Crippen LogP contribution in [-0.4, -0.2) is 38.2 Å². The van der Waals surface area contributed by atoms with Crippen LogP contribution >= 0.6 is 11.8 Å². The average Bonchev–Trinajstić information content (AvgIpc) is 2.87. The van der Waals surface area contributed by atoms with Crippen molar-refractivity contribution in [2.45, 2.75) is 155 Å². The van der Waals surface area contributed by atoms with Gasteiger partial charge in [-0.1, -0.05) is 95.5 Å². The number of nitrogens with zero attached hydrogens (tertiary/aromatic N) is 2. The first-order valence-electron chi connectivity index (χ1n) is 13.6. The largest absolute Gasteiger partial charge is 0.715 e. The van der Waals surface area contributed by atoms with E-state index in [0.29, 0.717) is 12.3 Å². The summed E-state index contributed by atoms with van der Waals surface area (Å²) in [6.07, 6.45) is 21.9. The molecule has 0 N–H and O–H groups in total. The van der Waals surface area contributed by atoms with E-state index in [2.05, 4.69) is 18.7 Å². The number of thioether (sulfide) groups is 1. The fourth-order valence-corrected chi connectivity index (χ4v) is 5.44.